The Balaban J connectivity index is 2.05. The number of carbonyl (C=O) groups excluding carboxylic acids is 1. The summed E-state index contributed by atoms with van der Waals surface area (Å²) in [7, 11) is -3.89. The summed E-state index contributed by atoms with van der Waals surface area (Å²) in [6.07, 6.45) is 2.45. The molecule has 1 heterocycles. The highest BCUT2D eigenvalue weighted by Gasteiger charge is 2.33. The first-order valence-electron chi connectivity index (χ1n) is 8.38. The van der Waals surface area contributed by atoms with Gasteiger partial charge in [0.15, 0.2) is 0 Å². The van der Waals surface area contributed by atoms with Gasteiger partial charge in [0.25, 0.3) is 5.69 Å². The first-order valence-corrected chi connectivity index (χ1v) is 10.2. The first kappa shape index (κ1) is 20.6. The molecule has 0 bridgehead atoms. The minimum absolute atomic E-state index is 0.123. The average molecular weight is 405 g/mol. The van der Waals surface area contributed by atoms with Gasteiger partial charge in [-0.25, -0.2) is 8.42 Å². The van der Waals surface area contributed by atoms with E-state index in [-0.39, 0.29) is 34.9 Å². The second-order valence-corrected chi connectivity index (χ2v) is 8.41. The van der Waals surface area contributed by atoms with Crippen LogP contribution in [0.4, 0.5) is 5.69 Å². The van der Waals surface area contributed by atoms with E-state index in [1.807, 2.05) is 6.92 Å². The second kappa shape index (κ2) is 8.79. The molecule has 1 fully saturated rings. The van der Waals surface area contributed by atoms with Crippen molar-refractivity contribution in [1.82, 2.24) is 4.31 Å². The molecular formula is C16H21ClN2O6S. The zero-order valence-corrected chi connectivity index (χ0v) is 16.0. The van der Waals surface area contributed by atoms with Gasteiger partial charge in [0.2, 0.25) is 10.0 Å². The first-order chi connectivity index (χ1) is 12.3. The number of sulfonamides is 1. The highest BCUT2D eigenvalue weighted by molar-refractivity contribution is 7.89. The smallest absolute Gasteiger partial charge is 0.309 e. The van der Waals surface area contributed by atoms with Crippen LogP contribution in [0.3, 0.4) is 0 Å². The molecule has 8 nitrogen and oxygen atoms in total. The zero-order chi connectivity index (χ0) is 19.3. The molecule has 144 valence electrons. The van der Waals surface area contributed by atoms with Gasteiger partial charge in [0, 0.05) is 19.2 Å². The quantitative estimate of drug-likeness (QED) is 0.299. The molecule has 1 aliphatic rings. The highest BCUT2D eigenvalue weighted by Crippen LogP contribution is 2.30. The van der Waals surface area contributed by atoms with Gasteiger partial charge in [-0.05, 0) is 31.4 Å². The van der Waals surface area contributed by atoms with Crippen LogP contribution in [0.15, 0.2) is 23.1 Å². The maximum Gasteiger partial charge on any atom is 0.309 e. The van der Waals surface area contributed by atoms with Crippen LogP contribution in [0.25, 0.3) is 0 Å². The number of nitrogens with zero attached hydrogens (tertiary/aromatic N) is 2. The fraction of sp³-hybridized carbons (Fsp3) is 0.562. The monoisotopic (exact) mass is 404 g/mol. The molecule has 0 unspecified atom stereocenters. The summed E-state index contributed by atoms with van der Waals surface area (Å²) in [4.78, 5) is 22.0. The SMILES string of the molecule is CCCCOC(=O)C1CCN(S(=O)(=O)c2ccc(Cl)c([N+](=O)[O-])c2)CC1. The van der Waals surface area contributed by atoms with Gasteiger partial charge in [0.05, 0.1) is 22.3 Å². The molecule has 1 aliphatic heterocycles. The Bertz CT molecular complexity index is 775. The molecule has 0 aliphatic carbocycles. The average Bonchev–Trinajstić information content (AvgIpc) is 2.62. The molecule has 0 spiro atoms. The number of nitro benzene ring substituents is 1. The molecule has 2 rings (SSSR count). The number of esters is 1. The summed E-state index contributed by atoms with van der Waals surface area (Å²) < 4.78 is 31.8. The number of ether oxygens (including phenoxy) is 1. The third kappa shape index (κ3) is 4.72. The second-order valence-electron chi connectivity index (χ2n) is 6.07. The number of rotatable bonds is 7. The van der Waals surface area contributed by atoms with Crippen LogP contribution >= 0.6 is 11.6 Å². The summed E-state index contributed by atoms with van der Waals surface area (Å²) in [6, 6.07) is 3.41. The number of hydrogen-bond donors (Lipinski definition) is 0. The van der Waals surface area contributed by atoms with Crippen molar-refractivity contribution in [2.45, 2.75) is 37.5 Å². The molecule has 1 aromatic carbocycles. The van der Waals surface area contributed by atoms with Crippen LogP contribution in [-0.2, 0) is 19.6 Å². The van der Waals surface area contributed by atoms with Crippen molar-refractivity contribution < 1.29 is 22.9 Å². The number of unbranched alkanes of at least 4 members (excludes halogenated alkanes) is 1. The van der Waals surface area contributed by atoms with Crippen LogP contribution in [-0.4, -0.2) is 43.3 Å². The number of benzene rings is 1. The number of piperidine rings is 1. The summed E-state index contributed by atoms with van der Waals surface area (Å²) in [6.45, 7) is 2.69. The highest BCUT2D eigenvalue weighted by atomic mass is 35.5. The van der Waals surface area contributed by atoms with Gasteiger partial charge in [-0.1, -0.05) is 24.9 Å². The fourth-order valence-corrected chi connectivity index (χ4v) is 4.39. The molecule has 0 amide bonds. The molecule has 10 heteroatoms. The van der Waals surface area contributed by atoms with E-state index in [4.69, 9.17) is 16.3 Å². The van der Waals surface area contributed by atoms with Gasteiger partial charge in [-0.3, -0.25) is 14.9 Å². The van der Waals surface area contributed by atoms with E-state index >= 15 is 0 Å². The van der Waals surface area contributed by atoms with Crippen LogP contribution in [0.1, 0.15) is 32.6 Å². The van der Waals surface area contributed by atoms with E-state index < -0.39 is 20.6 Å². The van der Waals surface area contributed by atoms with Crippen molar-refractivity contribution in [2.24, 2.45) is 5.92 Å². The Morgan fingerprint density at radius 3 is 2.62 bits per heavy atom. The standard InChI is InChI=1S/C16H21ClN2O6S/c1-2-3-10-25-16(20)12-6-8-18(9-7-12)26(23,24)13-4-5-14(17)15(11-13)19(21)22/h4-5,11-12H,2-3,6-10H2,1H3. The maximum absolute atomic E-state index is 12.7. The minimum atomic E-state index is -3.89. The van der Waals surface area contributed by atoms with Gasteiger partial charge < -0.3 is 4.74 Å². The van der Waals surface area contributed by atoms with Crippen LogP contribution in [0.5, 0.6) is 0 Å². The van der Waals surface area contributed by atoms with Crippen molar-refractivity contribution in [3.8, 4) is 0 Å². The zero-order valence-electron chi connectivity index (χ0n) is 14.4. The lowest BCUT2D eigenvalue weighted by molar-refractivity contribution is -0.384. The van der Waals surface area contributed by atoms with Crippen molar-refractivity contribution in [2.75, 3.05) is 19.7 Å². The summed E-state index contributed by atoms with van der Waals surface area (Å²) in [5.74, 6) is -0.615. The van der Waals surface area contributed by atoms with Crippen LogP contribution < -0.4 is 0 Å². The molecule has 0 saturated carbocycles. The van der Waals surface area contributed by atoms with E-state index in [0.717, 1.165) is 18.9 Å². The van der Waals surface area contributed by atoms with E-state index in [1.54, 1.807) is 0 Å². The molecular weight excluding hydrogens is 384 g/mol. The third-order valence-corrected chi connectivity index (χ3v) is 6.50. The predicted octanol–water partition coefficient (Wildman–Crippen LogP) is 2.99. The lowest BCUT2D eigenvalue weighted by Crippen LogP contribution is -2.40. The molecule has 0 N–H and O–H groups in total. The molecule has 0 aromatic heterocycles. The van der Waals surface area contributed by atoms with E-state index in [9.17, 15) is 23.3 Å². The molecule has 26 heavy (non-hydrogen) atoms. The minimum Gasteiger partial charge on any atom is -0.465 e. The molecule has 0 atom stereocenters. The van der Waals surface area contributed by atoms with Gasteiger partial charge in [-0.15, -0.1) is 0 Å². The summed E-state index contributed by atoms with van der Waals surface area (Å²) >= 11 is 5.73. The Morgan fingerprint density at radius 2 is 2.04 bits per heavy atom. The van der Waals surface area contributed by atoms with E-state index in [0.29, 0.717) is 19.4 Å². The molecule has 1 aromatic rings. The third-order valence-electron chi connectivity index (χ3n) is 4.28. The van der Waals surface area contributed by atoms with Crippen molar-refractivity contribution in [3.63, 3.8) is 0 Å². The van der Waals surface area contributed by atoms with Gasteiger partial charge in [0.1, 0.15) is 5.02 Å². The maximum atomic E-state index is 12.7. The Hall–Kier alpha value is -1.71. The van der Waals surface area contributed by atoms with Gasteiger partial charge in [-0.2, -0.15) is 4.31 Å². The summed E-state index contributed by atoms with van der Waals surface area (Å²) in [5, 5.41) is 10.8. The number of nitro groups is 1. The number of hydrogen-bond acceptors (Lipinski definition) is 6. The van der Waals surface area contributed by atoms with Crippen molar-refractivity contribution >= 4 is 33.3 Å². The molecule has 0 radical (unpaired) electrons. The number of halogens is 1. The number of carbonyl (C=O) groups is 1. The van der Waals surface area contributed by atoms with Crippen molar-refractivity contribution in [3.05, 3.63) is 33.3 Å². The lowest BCUT2D eigenvalue weighted by atomic mass is 9.98. The molecule has 1 saturated heterocycles. The Labute approximate surface area is 157 Å². The summed E-state index contributed by atoms with van der Waals surface area (Å²) in [5.41, 5.74) is -0.456. The van der Waals surface area contributed by atoms with E-state index in [2.05, 4.69) is 0 Å². The lowest BCUT2D eigenvalue weighted by Gasteiger charge is -2.30. The normalized spacial score (nSPS) is 16.4. The predicted molar refractivity (Wildman–Crippen MR) is 95.5 cm³/mol. The largest absolute Gasteiger partial charge is 0.465 e. The van der Waals surface area contributed by atoms with Crippen molar-refractivity contribution in [1.29, 1.82) is 0 Å². The van der Waals surface area contributed by atoms with Crippen LogP contribution in [0.2, 0.25) is 5.02 Å². The van der Waals surface area contributed by atoms with Crippen LogP contribution in [0, 0.1) is 16.0 Å². The Kier molecular flexibility index (Phi) is 6.96. The topological polar surface area (TPSA) is 107 Å². The Morgan fingerprint density at radius 1 is 1.38 bits per heavy atom. The fourth-order valence-electron chi connectivity index (χ4n) is 2.71. The van der Waals surface area contributed by atoms with E-state index in [1.165, 1.54) is 16.4 Å². The van der Waals surface area contributed by atoms with Gasteiger partial charge >= 0.3 is 5.97 Å².